The maximum atomic E-state index is 13.0. The molecular formula is C42H86NO7P. The van der Waals surface area contributed by atoms with Gasteiger partial charge in [0.05, 0.1) is 40.3 Å². The quantitative estimate of drug-likeness (QED) is 0.0266. The molecule has 0 fully saturated rings. The molecule has 1 unspecified atom stereocenters. The highest BCUT2D eigenvalue weighted by molar-refractivity contribution is 7.45. The van der Waals surface area contributed by atoms with Crippen molar-refractivity contribution < 1.29 is 37.3 Å². The van der Waals surface area contributed by atoms with Gasteiger partial charge in [0.2, 0.25) is 0 Å². The van der Waals surface area contributed by atoms with Crippen LogP contribution in [0.1, 0.15) is 201 Å². The first-order chi connectivity index (χ1) is 24.5. The minimum Gasteiger partial charge on any atom is -0.756 e. The Morgan fingerprint density at radius 1 is 0.569 bits per heavy atom. The maximum absolute atomic E-state index is 13.0. The summed E-state index contributed by atoms with van der Waals surface area (Å²) in [4.78, 5) is 25.4. The number of hydrogen-bond acceptors (Lipinski definition) is 7. The van der Waals surface area contributed by atoms with E-state index in [4.69, 9.17) is 18.5 Å². The van der Waals surface area contributed by atoms with Crippen molar-refractivity contribution in [2.24, 2.45) is 5.92 Å². The lowest BCUT2D eigenvalue weighted by Crippen LogP contribution is -2.37. The van der Waals surface area contributed by atoms with E-state index in [1.807, 2.05) is 28.1 Å². The van der Waals surface area contributed by atoms with E-state index in [1.165, 1.54) is 148 Å². The molecule has 9 heteroatoms. The van der Waals surface area contributed by atoms with Gasteiger partial charge >= 0.3 is 5.97 Å². The summed E-state index contributed by atoms with van der Waals surface area (Å²) in [5, 5.41) is 0. The van der Waals surface area contributed by atoms with Gasteiger partial charge in [-0.25, -0.2) is 0 Å². The lowest BCUT2D eigenvalue weighted by Gasteiger charge is -2.28. The summed E-state index contributed by atoms with van der Waals surface area (Å²) in [6.07, 6.45) is 34.8. The third-order valence-corrected chi connectivity index (χ3v) is 10.8. The topological polar surface area (TPSA) is 94.1 Å². The molecular weight excluding hydrogens is 661 g/mol. The first-order valence-corrected chi connectivity index (χ1v) is 23.2. The molecule has 0 spiro atoms. The van der Waals surface area contributed by atoms with Crippen LogP contribution in [0.5, 0.6) is 0 Å². The smallest absolute Gasteiger partial charge is 0.309 e. The molecule has 0 rings (SSSR count). The van der Waals surface area contributed by atoms with Crippen LogP contribution in [0.25, 0.3) is 0 Å². The minimum absolute atomic E-state index is 0.0283. The molecule has 0 heterocycles. The van der Waals surface area contributed by atoms with Crippen LogP contribution in [0.15, 0.2) is 0 Å². The second-order valence-corrected chi connectivity index (χ2v) is 17.7. The number of carbonyl (C=O) groups is 1. The summed E-state index contributed by atoms with van der Waals surface area (Å²) in [6.45, 7) is 7.33. The van der Waals surface area contributed by atoms with Crippen molar-refractivity contribution >= 4 is 13.8 Å². The van der Waals surface area contributed by atoms with Crippen LogP contribution >= 0.6 is 7.82 Å². The second kappa shape index (κ2) is 35.2. The summed E-state index contributed by atoms with van der Waals surface area (Å²) in [5.41, 5.74) is 0. The number of likely N-dealkylation sites (N-methyl/N-ethyl adjacent to an activating group) is 1. The fourth-order valence-corrected chi connectivity index (χ4v) is 6.96. The highest BCUT2D eigenvalue weighted by Gasteiger charge is 2.23. The van der Waals surface area contributed by atoms with Gasteiger partial charge in [0, 0.05) is 6.61 Å². The van der Waals surface area contributed by atoms with E-state index in [0.29, 0.717) is 17.6 Å². The van der Waals surface area contributed by atoms with Gasteiger partial charge in [0.15, 0.2) is 0 Å². The number of phosphoric acid groups is 1. The number of ether oxygens (including phenoxy) is 2. The van der Waals surface area contributed by atoms with Crippen LogP contribution in [0.3, 0.4) is 0 Å². The van der Waals surface area contributed by atoms with Crippen LogP contribution in [-0.4, -0.2) is 70.7 Å². The number of unbranched alkanes of at least 4 members (excludes halogenated alkanes) is 25. The normalized spacial score (nSPS) is 14.4. The van der Waals surface area contributed by atoms with Crippen molar-refractivity contribution in [3.8, 4) is 0 Å². The van der Waals surface area contributed by atoms with Crippen LogP contribution in [0, 0.1) is 5.92 Å². The fraction of sp³-hybridized carbons (Fsp3) is 0.976. The minimum atomic E-state index is -4.53. The van der Waals surface area contributed by atoms with Crippen LogP contribution < -0.4 is 4.89 Å². The van der Waals surface area contributed by atoms with E-state index in [9.17, 15) is 14.3 Å². The van der Waals surface area contributed by atoms with Crippen LogP contribution in [0.4, 0.5) is 0 Å². The Labute approximate surface area is 317 Å². The van der Waals surface area contributed by atoms with Crippen molar-refractivity contribution in [2.75, 3.05) is 54.1 Å². The molecule has 0 aromatic rings. The monoisotopic (exact) mass is 748 g/mol. The molecule has 0 aromatic heterocycles. The van der Waals surface area contributed by atoms with Crippen LogP contribution in [-0.2, 0) is 27.9 Å². The Bertz CT molecular complexity index is 807. The van der Waals surface area contributed by atoms with Gasteiger partial charge in [-0.15, -0.1) is 0 Å². The molecule has 51 heavy (non-hydrogen) atoms. The Morgan fingerprint density at radius 2 is 0.961 bits per heavy atom. The molecule has 0 saturated heterocycles. The van der Waals surface area contributed by atoms with Crippen molar-refractivity contribution in [1.29, 1.82) is 0 Å². The summed E-state index contributed by atoms with van der Waals surface area (Å²) in [5.74, 6) is -0.583. The van der Waals surface area contributed by atoms with Gasteiger partial charge < -0.3 is 27.9 Å². The number of phosphoric ester groups is 1. The van der Waals surface area contributed by atoms with Gasteiger partial charge in [-0.1, -0.05) is 188 Å². The average molecular weight is 748 g/mol. The third kappa shape index (κ3) is 37.6. The predicted molar refractivity (Wildman–Crippen MR) is 213 cm³/mol. The number of quaternary nitrogens is 1. The predicted octanol–water partition coefficient (Wildman–Crippen LogP) is 11.7. The van der Waals surface area contributed by atoms with Gasteiger partial charge in [0.1, 0.15) is 19.3 Å². The Balaban J connectivity index is 4.34. The Hall–Kier alpha value is -0.500. The fourth-order valence-electron chi connectivity index (χ4n) is 6.23. The molecule has 0 amide bonds. The summed E-state index contributed by atoms with van der Waals surface area (Å²) in [6, 6.07) is 0. The maximum Gasteiger partial charge on any atom is 0.309 e. The average Bonchev–Trinajstić information content (AvgIpc) is 3.08. The lowest BCUT2D eigenvalue weighted by molar-refractivity contribution is -0.870. The Kier molecular flexibility index (Phi) is 34.9. The van der Waals surface area contributed by atoms with Crippen molar-refractivity contribution in [3.63, 3.8) is 0 Å². The standard InChI is InChI=1S/C42H86NO7P/c1-7-9-11-13-15-17-19-21-23-25-27-29-31-33-36-47-38-41(39-49-51(45,46)48-37-35-43(4,5)6)50-42(44)40(3)34-32-30-28-26-24-22-20-18-16-14-12-10-8-2/h40-41H,7-39H2,1-6H3/t40-,41+/m0/s1. The first kappa shape index (κ1) is 50.5. The number of rotatable bonds is 40. The van der Waals surface area contributed by atoms with E-state index in [1.54, 1.807) is 0 Å². The van der Waals surface area contributed by atoms with Crippen LogP contribution in [0.2, 0.25) is 0 Å². The molecule has 0 aliphatic carbocycles. The number of esters is 1. The summed E-state index contributed by atoms with van der Waals surface area (Å²) < 4.78 is 34.8. The largest absolute Gasteiger partial charge is 0.756 e. The summed E-state index contributed by atoms with van der Waals surface area (Å²) >= 11 is 0. The van der Waals surface area contributed by atoms with Gasteiger partial charge in [-0.05, 0) is 12.8 Å². The SMILES string of the molecule is CCCCCCCCCCCCCCCCOC[C@H](COP(=O)([O-])OCC[N+](C)(C)C)OC(=O)[C@@H](C)CCCCCCCCCCCCCCC. The van der Waals surface area contributed by atoms with Crippen molar-refractivity contribution in [1.82, 2.24) is 0 Å². The Morgan fingerprint density at radius 3 is 1.37 bits per heavy atom. The third-order valence-electron chi connectivity index (χ3n) is 9.80. The van der Waals surface area contributed by atoms with E-state index in [2.05, 4.69) is 13.8 Å². The summed E-state index contributed by atoms with van der Waals surface area (Å²) in [7, 11) is 1.36. The van der Waals surface area contributed by atoms with E-state index in [0.717, 1.165) is 32.1 Å². The first-order valence-electron chi connectivity index (χ1n) is 21.7. The molecule has 0 saturated carbocycles. The van der Waals surface area contributed by atoms with Crippen molar-refractivity contribution in [2.45, 2.75) is 207 Å². The van der Waals surface area contributed by atoms with E-state index < -0.39 is 13.9 Å². The van der Waals surface area contributed by atoms with Gasteiger partial charge in [-0.3, -0.25) is 9.36 Å². The molecule has 0 aromatic carbocycles. The molecule has 306 valence electrons. The molecule has 0 bridgehead atoms. The lowest BCUT2D eigenvalue weighted by atomic mass is 10.0. The zero-order chi connectivity index (χ0) is 37.9. The van der Waals surface area contributed by atoms with E-state index >= 15 is 0 Å². The van der Waals surface area contributed by atoms with Gasteiger partial charge in [-0.2, -0.15) is 0 Å². The molecule has 3 atom stereocenters. The number of carbonyl (C=O) groups excluding carboxylic acids is 1. The highest BCUT2D eigenvalue weighted by Crippen LogP contribution is 2.38. The van der Waals surface area contributed by atoms with Gasteiger partial charge in [0.25, 0.3) is 7.82 Å². The molecule has 0 aliphatic rings. The number of nitrogens with zero attached hydrogens (tertiary/aromatic N) is 1. The number of hydrogen-bond donors (Lipinski definition) is 0. The second-order valence-electron chi connectivity index (χ2n) is 16.3. The zero-order valence-corrected chi connectivity index (χ0v) is 35.6. The van der Waals surface area contributed by atoms with Crippen molar-refractivity contribution in [3.05, 3.63) is 0 Å². The van der Waals surface area contributed by atoms with E-state index in [-0.39, 0.29) is 31.7 Å². The molecule has 8 nitrogen and oxygen atoms in total. The molecule has 0 aliphatic heterocycles. The molecule has 0 radical (unpaired) electrons. The highest BCUT2D eigenvalue weighted by atomic mass is 31.2. The zero-order valence-electron chi connectivity index (χ0n) is 34.7. The molecule has 0 N–H and O–H groups in total.